The van der Waals surface area contributed by atoms with Crippen LogP contribution in [0.15, 0.2) is 12.1 Å². The lowest BCUT2D eigenvalue weighted by molar-refractivity contribution is -0.372. The van der Waals surface area contributed by atoms with Gasteiger partial charge in [-0.2, -0.15) is 0 Å². The normalized spacial score (nSPS) is 39.5. The average Bonchev–Trinajstić information content (AvgIpc) is 3.26. The van der Waals surface area contributed by atoms with Crippen LogP contribution in [-0.4, -0.2) is 122 Å². The smallest absolute Gasteiger partial charge is 0.229 e. The van der Waals surface area contributed by atoms with Gasteiger partial charge in [-0.05, 0) is 11.6 Å². The number of nitrogens with one attached hydrogen (secondary N) is 1. The van der Waals surface area contributed by atoms with Crippen molar-refractivity contribution in [1.82, 2.24) is 0 Å². The Hall–Kier alpha value is -2.80. The Balaban J connectivity index is 1.60. The van der Waals surface area contributed by atoms with Crippen LogP contribution in [0.25, 0.3) is 0 Å². The van der Waals surface area contributed by atoms with E-state index in [0.29, 0.717) is 11.3 Å². The van der Waals surface area contributed by atoms with Gasteiger partial charge in [-0.15, -0.1) is 0 Å². The maximum atomic E-state index is 11.3. The lowest BCUT2D eigenvalue weighted by Gasteiger charge is -2.46. The molecule has 206 valence electrons. The summed E-state index contributed by atoms with van der Waals surface area (Å²) in [7, 11) is 0. The first-order chi connectivity index (χ1) is 17.4. The fourth-order valence-corrected chi connectivity index (χ4v) is 4.34. The molecular formula is C21H25NO15-2. The number of carbonyl (C=O) groups is 2. The van der Waals surface area contributed by atoms with Crippen LogP contribution in [0.4, 0.5) is 5.69 Å². The van der Waals surface area contributed by atoms with E-state index in [1.165, 1.54) is 6.07 Å². The van der Waals surface area contributed by atoms with Gasteiger partial charge in [0.1, 0.15) is 42.7 Å². The monoisotopic (exact) mass is 531 g/mol. The number of carboxylic acids is 2. The molecule has 1 aromatic rings. The average molecular weight is 531 g/mol. The summed E-state index contributed by atoms with van der Waals surface area (Å²) in [4.78, 5) is 22.4. The number of hydrogen-bond acceptors (Lipinski definition) is 16. The molecule has 0 amide bonds. The summed E-state index contributed by atoms with van der Waals surface area (Å²) < 4.78 is 21.5. The van der Waals surface area contributed by atoms with Crippen molar-refractivity contribution < 1.29 is 74.5 Å². The molecule has 0 unspecified atom stereocenters. The molecule has 3 aliphatic rings. The zero-order chi connectivity index (χ0) is 27.2. The molecular weight excluding hydrogens is 506 g/mol. The topological polar surface area (TPSA) is 271 Å². The summed E-state index contributed by atoms with van der Waals surface area (Å²) in [6.45, 7) is -0.793. The van der Waals surface area contributed by atoms with Gasteiger partial charge in [-0.25, -0.2) is 0 Å². The molecule has 8 N–H and O–H groups in total. The van der Waals surface area contributed by atoms with E-state index in [2.05, 4.69) is 5.32 Å². The largest absolute Gasteiger partial charge is 0.548 e. The summed E-state index contributed by atoms with van der Waals surface area (Å²) in [6, 6.07) is 1.37. The Morgan fingerprint density at radius 2 is 1.65 bits per heavy atom. The number of fused-ring (bicyclic) bond motifs is 1. The van der Waals surface area contributed by atoms with Crippen LogP contribution in [0, 0.1) is 0 Å². The lowest BCUT2D eigenvalue weighted by Crippen LogP contribution is -2.66. The van der Waals surface area contributed by atoms with E-state index in [1.807, 2.05) is 0 Å². The fraction of sp³-hybridized carbons (Fsp3) is 0.619. The van der Waals surface area contributed by atoms with Crippen LogP contribution < -0.4 is 20.3 Å². The van der Waals surface area contributed by atoms with Crippen LogP contribution in [0.2, 0.25) is 0 Å². The molecule has 4 rings (SSSR count). The van der Waals surface area contributed by atoms with Crippen molar-refractivity contribution in [2.45, 2.75) is 73.9 Å². The molecule has 0 bridgehead atoms. The third-order valence-corrected chi connectivity index (χ3v) is 6.38. The molecule has 16 heteroatoms. The second kappa shape index (κ2) is 10.5. The second-order valence-electron chi connectivity index (χ2n) is 8.84. The van der Waals surface area contributed by atoms with Crippen molar-refractivity contribution in [1.29, 1.82) is 0 Å². The Morgan fingerprint density at radius 3 is 2.27 bits per heavy atom. The number of aliphatic carboxylic acids is 2. The summed E-state index contributed by atoms with van der Waals surface area (Å²) in [6.07, 6.45) is -19.0. The number of aromatic hydroxyl groups is 1. The maximum Gasteiger partial charge on any atom is 0.229 e. The molecule has 37 heavy (non-hydrogen) atoms. The fourth-order valence-electron chi connectivity index (χ4n) is 4.34. The number of aliphatic hydroxyl groups is 6. The molecule has 0 aromatic heterocycles. The predicted octanol–water partition coefficient (Wildman–Crippen LogP) is -6.76. The number of rotatable bonds is 7. The van der Waals surface area contributed by atoms with Crippen LogP contribution in [0.3, 0.4) is 0 Å². The maximum absolute atomic E-state index is 11.3. The van der Waals surface area contributed by atoms with Crippen molar-refractivity contribution in [3.8, 4) is 11.5 Å². The minimum atomic E-state index is -2.13. The third-order valence-electron chi connectivity index (χ3n) is 6.38. The predicted molar refractivity (Wildman–Crippen MR) is 109 cm³/mol. The number of ether oxygens (including phenoxy) is 4. The van der Waals surface area contributed by atoms with E-state index in [1.54, 1.807) is 0 Å². The molecule has 3 aliphatic heterocycles. The molecule has 3 heterocycles. The van der Waals surface area contributed by atoms with Gasteiger partial charge in [-0.1, -0.05) is 0 Å². The highest BCUT2D eigenvalue weighted by atomic mass is 16.8. The van der Waals surface area contributed by atoms with Gasteiger partial charge in [0.25, 0.3) is 0 Å². The molecule has 2 fully saturated rings. The molecule has 11 atom stereocenters. The van der Waals surface area contributed by atoms with Gasteiger partial charge < -0.3 is 79.8 Å². The Labute approximate surface area is 207 Å². The van der Waals surface area contributed by atoms with E-state index in [-0.39, 0.29) is 12.2 Å². The van der Waals surface area contributed by atoms with Crippen LogP contribution in [0.5, 0.6) is 11.5 Å². The summed E-state index contributed by atoms with van der Waals surface area (Å²) in [5.74, 6) is -4.10. The van der Waals surface area contributed by atoms with Crippen LogP contribution >= 0.6 is 0 Å². The zero-order valence-electron chi connectivity index (χ0n) is 18.8. The number of phenolic OH excluding ortho intramolecular Hbond substituents is 1. The standard InChI is InChI=1S/C21H27NO15/c23-4-10-11(25)13(27)17(37-20-15(29)12(26)14(28)16(36-20)19(32)33)21(35-10)34-9-2-5-1-7(18(30)31)22-6(5)3-8(9)24/h2-3,7,10-17,20-29H,1,4H2,(H,30,31)(H,32,33)/p-2/t7-,10+,11+,12-,13-,14-,15+,16-,17+,20-,21+/m0/s1. The highest BCUT2D eigenvalue weighted by Gasteiger charge is 2.51. The zero-order valence-corrected chi connectivity index (χ0v) is 18.8. The van der Waals surface area contributed by atoms with Gasteiger partial charge in [-0.3, -0.25) is 0 Å². The van der Waals surface area contributed by atoms with Crippen molar-refractivity contribution >= 4 is 17.6 Å². The molecule has 0 spiro atoms. The molecule has 0 aliphatic carbocycles. The molecule has 1 aromatic carbocycles. The first-order valence-corrected chi connectivity index (χ1v) is 11.1. The highest BCUT2D eigenvalue weighted by molar-refractivity contribution is 5.80. The van der Waals surface area contributed by atoms with E-state index in [9.17, 15) is 55.5 Å². The van der Waals surface area contributed by atoms with E-state index >= 15 is 0 Å². The molecule has 16 nitrogen and oxygen atoms in total. The van der Waals surface area contributed by atoms with Gasteiger partial charge in [0, 0.05) is 18.2 Å². The van der Waals surface area contributed by atoms with Crippen LogP contribution in [-0.2, 0) is 30.2 Å². The Morgan fingerprint density at radius 1 is 0.946 bits per heavy atom. The Bertz CT molecular complexity index is 1020. The quantitative estimate of drug-likeness (QED) is 0.162. The van der Waals surface area contributed by atoms with Crippen molar-refractivity contribution in [3.63, 3.8) is 0 Å². The minimum absolute atomic E-state index is 0.0205. The van der Waals surface area contributed by atoms with Gasteiger partial charge >= 0.3 is 0 Å². The lowest BCUT2D eigenvalue weighted by atomic mass is 9.97. The number of benzene rings is 1. The highest BCUT2D eigenvalue weighted by Crippen LogP contribution is 2.39. The molecule has 0 radical (unpaired) electrons. The van der Waals surface area contributed by atoms with Gasteiger partial charge in [0.05, 0.1) is 24.6 Å². The third kappa shape index (κ3) is 5.15. The second-order valence-corrected chi connectivity index (χ2v) is 8.84. The number of aliphatic hydroxyl groups excluding tert-OH is 6. The van der Waals surface area contributed by atoms with Gasteiger partial charge in [0.15, 0.2) is 23.9 Å². The number of hydrogen-bond donors (Lipinski definition) is 8. The first-order valence-electron chi connectivity index (χ1n) is 11.1. The van der Waals surface area contributed by atoms with Gasteiger partial charge in [0.2, 0.25) is 6.29 Å². The van der Waals surface area contributed by atoms with Crippen molar-refractivity contribution in [3.05, 3.63) is 17.7 Å². The number of phenols is 1. The van der Waals surface area contributed by atoms with E-state index in [4.69, 9.17) is 18.9 Å². The summed E-state index contributed by atoms with van der Waals surface area (Å²) >= 11 is 0. The number of carbonyl (C=O) groups excluding carboxylic acids is 2. The van der Waals surface area contributed by atoms with Crippen molar-refractivity contribution in [2.24, 2.45) is 0 Å². The first kappa shape index (κ1) is 27.2. The van der Waals surface area contributed by atoms with E-state index < -0.39 is 91.7 Å². The number of carboxylic acid groups (broad SMARTS) is 2. The summed E-state index contributed by atoms with van der Waals surface area (Å²) in [5.41, 5.74) is 0.703. The van der Waals surface area contributed by atoms with E-state index in [0.717, 1.165) is 6.07 Å². The molecule has 2 saturated heterocycles. The minimum Gasteiger partial charge on any atom is -0.548 e. The SMILES string of the molecule is O=C([O-])[C@@H]1Cc2cc(O[C@@H]3O[C@H](CO)[C@@H](O)[C@H](O)[C@H]3O[C@@H]3O[C@H](C(=O)[O-])[C@@H](O)[C@H](O)[C@H]3O)c(O)cc2N1. The Kier molecular flexibility index (Phi) is 7.75. The van der Waals surface area contributed by atoms with Crippen LogP contribution in [0.1, 0.15) is 5.56 Å². The molecule has 0 saturated carbocycles. The van der Waals surface area contributed by atoms with Crippen molar-refractivity contribution in [2.75, 3.05) is 11.9 Å². The summed E-state index contributed by atoms with van der Waals surface area (Å²) in [5, 5.41) is 96.0. The number of anilines is 1.